The normalized spacial score (nSPS) is 31.9. The third-order valence-corrected chi connectivity index (χ3v) is 4.87. The minimum Gasteiger partial charge on any atom is -0.411 e. The maximum absolute atomic E-state index is 9.35. The van der Waals surface area contributed by atoms with Gasteiger partial charge in [0.05, 0.1) is 16.8 Å². The molecule has 2 aliphatic rings. The summed E-state index contributed by atoms with van der Waals surface area (Å²) in [5, 5.41) is 12.9. The van der Waals surface area contributed by atoms with E-state index in [1.807, 2.05) is 24.4 Å². The van der Waals surface area contributed by atoms with E-state index in [1.165, 1.54) is 5.56 Å². The second-order valence-corrected chi connectivity index (χ2v) is 5.71. The zero-order chi connectivity index (χ0) is 14.3. The predicted octanol–water partition coefficient (Wildman–Crippen LogP) is 3.40. The number of hydrogen-bond donors (Lipinski definition) is 1. The van der Waals surface area contributed by atoms with Gasteiger partial charge in [0.15, 0.2) is 0 Å². The molecule has 4 rings (SSSR count). The smallest absolute Gasteiger partial charge is 0.0658 e. The standard InChI is InChI=1S/C18H16N2O/c21-20-16-12-14-9-10-15(16)18(14,13-6-2-1-3-7-13)17-8-4-5-11-19-17/h1-11,14-15,21H,12H2/b20-16+/t14-,15+,18+/m1/s1. The first-order valence-electron chi connectivity index (χ1n) is 7.23. The second-order valence-electron chi connectivity index (χ2n) is 5.71. The Morgan fingerprint density at radius 1 is 1.05 bits per heavy atom. The highest BCUT2D eigenvalue weighted by atomic mass is 16.4. The van der Waals surface area contributed by atoms with E-state index in [1.54, 1.807) is 0 Å². The Bertz CT molecular complexity index is 667. The lowest BCUT2D eigenvalue weighted by Crippen LogP contribution is -2.35. The fourth-order valence-corrected chi connectivity index (χ4v) is 4.05. The molecule has 1 heterocycles. The van der Waals surface area contributed by atoms with Gasteiger partial charge in [-0.05, 0) is 30.0 Å². The molecule has 1 N–H and O–H groups in total. The van der Waals surface area contributed by atoms with E-state index in [9.17, 15) is 5.21 Å². The molecule has 1 aromatic carbocycles. The molecule has 3 heteroatoms. The summed E-state index contributed by atoms with van der Waals surface area (Å²) >= 11 is 0. The molecule has 0 spiro atoms. The monoisotopic (exact) mass is 276 g/mol. The molecule has 0 unspecified atom stereocenters. The molecule has 0 aliphatic heterocycles. The molecular weight excluding hydrogens is 260 g/mol. The molecule has 0 saturated heterocycles. The summed E-state index contributed by atoms with van der Waals surface area (Å²) in [6.45, 7) is 0. The van der Waals surface area contributed by atoms with E-state index in [0.29, 0.717) is 5.92 Å². The van der Waals surface area contributed by atoms with E-state index in [2.05, 4.69) is 52.6 Å². The van der Waals surface area contributed by atoms with E-state index >= 15 is 0 Å². The molecule has 2 aromatic rings. The Kier molecular flexibility index (Phi) is 2.67. The number of aromatic nitrogens is 1. The number of rotatable bonds is 2. The average Bonchev–Trinajstić information content (AvgIpc) is 3.10. The van der Waals surface area contributed by atoms with E-state index in [0.717, 1.165) is 17.8 Å². The van der Waals surface area contributed by atoms with Gasteiger partial charge in [-0.1, -0.05) is 53.7 Å². The van der Waals surface area contributed by atoms with Gasteiger partial charge in [0.2, 0.25) is 0 Å². The van der Waals surface area contributed by atoms with Crippen molar-refractivity contribution in [1.82, 2.24) is 4.98 Å². The van der Waals surface area contributed by atoms with E-state index < -0.39 is 0 Å². The number of hydrogen-bond acceptors (Lipinski definition) is 3. The molecular formula is C18H16N2O. The molecule has 0 amide bonds. The summed E-state index contributed by atoms with van der Waals surface area (Å²) in [6, 6.07) is 16.5. The van der Waals surface area contributed by atoms with Gasteiger partial charge in [-0.15, -0.1) is 0 Å². The predicted molar refractivity (Wildman–Crippen MR) is 81.4 cm³/mol. The number of pyridine rings is 1. The fourth-order valence-electron chi connectivity index (χ4n) is 4.05. The summed E-state index contributed by atoms with van der Waals surface area (Å²) in [5.41, 5.74) is 2.92. The Morgan fingerprint density at radius 3 is 2.52 bits per heavy atom. The van der Waals surface area contributed by atoms with Crippen LogP contribution in [0.2, 0.25) is 0 Å². The van der Waals surface area contributed by atoms with Gasteiger partial charge < -0.3 is 5.21 Å². The molecule has 3 nitrogen and oxygen atoms in total. The van der Waals surface area contributed by atoms with Gasteiger partial charge in [-0.3, -0.25) is 4.98 Å². The summed E-state index contributed by atoms with van der Waals surface area (Å²) in [7, 11) is 0. The average molecular weight is 276 g/mol. The van der Waals surface area contributed by atoms with Gasteiger partial charge in [0, 0.05) is 12.1 Å². The highest BCUT2D eigenvalue weighted by Gasteiger charge is 2.57. The van der Waals surface area contributed by atoms with Crippen molar-refractivity contribution in [1.29, 1.82) is 0 Å². The number of benzene rings is 1. The molecule has 1 saturated carbocycles. The first kappa shape index (κ1) is 12.3. The van der Waals surface area contributed by atoms with Crippen LogP contribution >= 0.6 is 0 Å². The zero-order valence-electron chi connectivity index (χ0n) is 11.6. The van der Waals surface area contributed by atoms with Crippen LogP contribution in [0.25, 0.3) is 0 Å². The Hall–Kier alpha value is -2.42. The fraction of sp³-hybridized carbons (Fsp3) is 0.222. The van der Waals surface area contributed by atoms with Gasteiger partial charge in [0.25, 0.3) is 0 Å². The lowest BCUT2D eigenvalue weighted by atomic mass is 9.68. The minimum atomic E-state index is -0.232. The third-order valence-electron chi connectivity index (χ3n) is 4.87. The Balaban J connectivity index is 1.98. The van der Waals surface area contributed by atoms with Crippen LogP contribution in [0, 0.1) is 11.8 Å². The third kappa shape index (κ3) is 1.54. The first-order chi connectivity index (χ1) is 10.4. The van der Waals surface area contributed by atoms with E-state index in [-0.39, 0.29) is 11.3 Å². The highest BCUT2D eigenvalue weighted by molar-refractivity contribution is 5.95. The van der Waals surface area contributed by atoms with Crippen LogP contribution in [0.4, 0.5) is 0 Å². The van der Waals surface area contributed by atoms with Crippen LogP contribution < -0.4 is 0 Å². The summed E-state index contributed by atoms with van der Waals surface area (Å²) in [6.07, 6.45) is 7.06. The van der Waals surface area contributed by atoms with Gasteiger partial charge in [0.1, 0.15) is 0 Å². The maximum Gasteiger partial charge on any atom is 0.0658 e. The molecule has 2 bridgehead atoms. The largest absolute Gasteiger partial charge is 0.411 e. The van der Waals surface area contributed by atoms with Crippen molar-refractivity contribution >= 4 is 5.71 Å². The highest BCUT2D eigenvalue weighted by Crippen LogP contribution is 2.57. The topological polar surface area (TPSA) is 45.5 Å². The van der Waals surface area contributed by atoms with Crippen LogP contribution in [0.3, 0.4) is 0 Å². The molecule has 1 aromatic heterocycles. The van der Waals surface area contributed by atoms with Crippen molar-refractivity contribution in [2.75, 3.05) is 0 Å². The van der Waals surface area contributed by atoms with Crippen LogP contribution in [-0.2, 0) is 5.41 Å². The summed E-state index contributed by atoms with van der Waals surface area (Å²) in [4.78, 5) is 4.64. The number of fused-ring (bicyclic) bond motifs is 2. The lowest BCUT2D eigenvalue weighted by Gasteiger charge is -2.34. The molecule has 104 valence electrons. The number of nitrogens with zero attached hydrogens (tertiary/aromatic N) is 2. The summed E-state index contributed by atoms with van der Waals surface area (Å²) in [5.74, 6) is 0.385. The lowest BCUT2D eigenvalue weighted by molar-refractivity contribution is 0.315. The van der Waals surface area contributed by atoms with Gasteiger partial charge in [-0.2, -0.15) is 0 Å². The van der Waals surface area contributed by atoms with Crippen molar-refractivity contribution in [3.8, 4) is 0 Å². The number of allylic oxidation sites excluding steroid dienone is 2. The quantitative estimate of drug-likeness (QED) is 0.519. The van der Waals surface area contributed by atoms with Gasteiger partial charge >= 0.3 is 0 Å². The zero-order valence-corrected chi connectivity index (χ0v) is 11.6. The van der Waals surface area contributed by atoms with Gasteiger partial charge in [-0.25, -0.2) is 0 Å². The SMILES string of the molecule is O/N=C1\C[C@H]2C=C[C@@H]1[C@@]2(c1ccccc1)c1ccccn1. The maximum atomic E-state index is 9.35. The van der Waals surface area contributed by atoms with Crippen molar-refractivity contribution < 1.29 is 5.21 Å². The van der Waals surface area contributed by atoms with Crippen LogP contribution in [0.1, 0.15) is 17.7 Å². The van der Waals surface area contributed by atoms with Crippen molar-refractivity contribution in [2.45, 2.75) is 11.8 Å². The molecule has 1 fully saturated rings. The molecule has 3 atom stereocenters. The second kappa shape index (κ2) is 4.55. The van der Waals surface area contributed by atoms with Crippen molar-refractivity contribution in [2.24, 2.45) is 17.0 Å². The van der Waals surface area contributed by atoms with Crippen LogP contribution in [-0.4, -0.2) is 15.9 Å². The van der Waals surface area contributed by atoms with Crippen LogP contribution in [0.15, 0.2) is 72.0 Å². The molecule has 2 aliphatic carbocycles. The molecule has 21 heavy (non-hydrogen) atoms. The summed E-state index contributed by atoms with van der Waals surface area (Å²) < 4.78 is 0. The Labute approximate surface area is 123 Å². The minimum absolute atomic E-state index is 0.0878. The van der Waals surface area contributed by atoms with Crippen molar-refractivity contribution in [3.63, 3.8) is 0 Å². The van der Waals surface area contributed by atoms with Crippen LogP contribution in [0.5, 0.6) is 0 Å². The first-order valence-corrected chi connectivity index (χ1v) is 7.23. The molecule has 0 radical (unpaired) electrons. The number of oxime groups is 1. The Morgan fingerprint density at radius 2 is 1.86 bits per heavy atom. The van der Waals surface area contributed by atoms with E-state index in [4.69, 9.17) is 0 Å². The van der Waals surface area contributed by atoms with Crippen molar-refractivity contribution in [3.05, 3.63) is 78.1 Å².